The molecule has 0 aliphatic rings. The molecule has 5 nitrogen and oxygen atoms in total. The summed E-state index contributed by atoms with van der Waals surface area (Å²) in [6, 6.07) is 17.7. The average Bonchev–Trinajstić information content (AvgIpc) is 2.66. The van der Waals surface area contributed by atoms with Gasteiger partial charge in [0.15, 0.2) is 0 Å². The van der Waals surface area contributed by atoms with Crippen molar-refractivity contribution in [1.82, 2.24) is 10.6 Å². The fourth-order valence-corrected chi connectivity index (χ4v) is 2.49. The van der Waals surface area contributed by atoms with Crippen LogP contribution in [0.1, 0.15) is 21.5 Å². The first-order chi connectivity index (χ1) is 12.2. The third-order valence-corrected chi connectivity index (χ3v) is 3.83. The Labute approximate surface area is 148 Å². The molecule has 2 aromatic rings. The highest BCUT2D eigenvalue weighted by atomic mass is 16.5. The van der Waals surface area contributed by atoms with Gasteiger partial charge in [-0.15, -0.1) is 0 Å². The Kier molecular flexibility index (Phi) is 7.66. The van der Waals surface area contributed by atoms with E-state index in [-0.39, 0.29) is 18.4 Å². The molecule has 2 N–H and O–H groups in total. The molecule has 0 radical (unpaired) electrons. The van der Waals surface area contributed by atoms with Crippen LogP contribution in [-0.4, -0.2) is 38.6 Å². The van der Waals surface area contributed by atoms with E-state index >= 15 is 0 Å². The Morgan fingerprint density at radius 2 is 1.64 bits per heavy atom. The molecule has 0 unspecified atom stereocenters. The third kappa shape index (κ3) is 6.39. The smallest absolute Gasteiger partial charge is 0.251 e. The quantitative estimate of drug-likeness (QED) is 0.686. The molecular weight excluding hydrogens is 316 g/mol. The van der Waals surface area contributed by atoms with E-state index < -0.39 is 0 Å². The van der Waals surface area contributed by atoms with E-state index in [9.17, 15) is 9.59 Å². The van der Waals surface area contributed by atoms with E-state index in [1.54, 1.807) is 13.2 Å². The highest BCUT2D eigenvalue weighted by Crippen LogP contribution is 2.12. The summed E-state index contributed by atoms with van der Waals surface area (Å²) in [6.45, 7) is 0.830. The van der Waals surface area contributed by atoms with Crippen molar-refractivity contribution in [1.29, 1.82) is 0 Å². The molecule has 0 aliphatic heterocycles. The number of aryl methyl sites for hydroxylation is 2. The van der Waals surface area contributed by atoms with Gasteiger partial charge in [-0.3, -0.25) is 9.59 Å². The van der Waals surface area contributed by atoms with Crippen molar-refractivity contribution >= 4 is 11.8 Å². The van der Waals surface area contributed by atoms with E-state index in [2.05, 4.69) is 22.8 Å². The van der Waals surface area contributed by atoms with Gasteiger partial charge in [0, 0.05) is 19.2 Å². The summed E-state index contributed by atoms with van der Waals surface area (Å²) in [7, 11) is 1.57. The van der Waals surface area contributed by atoms with Gasteiger partial charge in [0.05, 0.1) is 13.2 Å². The number of benzene rings is 2. The molecule has 0 fully saturated rings. The van der Waals surface area contributed by atoms with Crippen molar-refractivity contribution in [2.75, 3.05) is 26.8 Å². The second-order valence-corrected chi connectivity index (χ2v) is 5.67. The number of ether oxygens (including phenoxy) is 1. The fourth-order valence-electron chi connectivity index (χ4n) is 2.49. The summed E-state index contributed by atoms with van der Waals surface area (Å²) >= 11 is 0. The van der Waals surface area contributed by atoms with Gasteiger partial charge < -0.3 is 15.4 Å². The lowest BCUT2D eigenvalue weighted by Gasteiger charge is -2.10. The van der Waals surface area contributed by atoms with Crippen LogP contribution in [-0.2, 0) is 22.4 Å². The van der Waals surface area contributed by atoms with Crippen LogP contribution < -0.4 is 10.6 Å². The standard InChI is InChI=1S/C20H24N2O3/c1-25-14-13-21-19(23)15-22-20(24)18-10-6-5-9-17(18)12-11-16-7-3-2-4-8-16/h2-10H,11-15H2,1H3,(H,21,23)(H,22,24). The maximum atomic E-state index is 12.4. The Morgan fingerprint density at radius 3 is 2.40 bits per heavy atom. The van der Waals surface area contributed by atoms with Gasteiger partial charge in [-0.1, -0.05) is 48.5 Å². The first-order valence-corrected chi connectivity index (χ1v) is 8.36. The summed E-state index contributed by atoms with van der Waals surface area (Å²) in [5.41, 5.74) is 2.82. The minimum absolute atomic E-state index is 0.0461. The van der Waals surface area contributed by atoms with Crippen molar-refractivity contribution in [3.05, 3.63) is 71.3 Å². The highest BCUT2D eigenvalue weighted by molar-refractivity contribution is 5.97. The predicted molar refractivity (Wildman–Crippen MR) is 97.5 cm³/mol. The number of amides is 2. The monoisotopic (exact) mass is 340 g/mol. The highest BCUT2D eigenvalue weighted by Gasteiger charge is 2.12. The van der Waals surface area contributed by atoms with Gasteiger partial charge in [0.1, 0.15) is 0 Å². The largest absolute Gasteiger partial charge is 0.383 e. The van der Waals surface area contributed by atoms with Gasteiger partial charge in [0.2, 0.25) is 5.91 Å². The van der Waals surface area contributed by atoms with Crippen LogP contribution in [0.4, 0.5) is 0 Å². The molecule has 0 saturated carbocycles. The number of hydrogen-bond acceptors (Lipinski definition) is 3. The van der Waals surface area contributed by atoms with E-state index in [4.69, 9.17) is 4.74 Å². The zero-order valence-corrected chi connectivity index (χ0v) is 14.5. The van der Waals surface area contributed by atoms with Crippen LogP contribution in [0.5, 0.6) is 0 Å². The molecule has 0 heterocycles. The Bertz CT molecular complexity index is 686. The molecule has 0 aromatic heterocycles. The van der Waals surface area contributed by atoms with Crippen LogP contribution in [0.2, 0.25) is 0 Å². The SMILES string of the molecule is COCCNC(=O)CNC(=O)c1ccccc1CCc1ccccc1. The normalized spacial score (nSPS) is 10.3. The van der Waals surface area contributed by atoms with Crippen molar-refractivity contribution in [3.8, 4) is 0 Å². The number of rotatable bonds is 9. The van der Waals surface area contributed by atoms with Crippen molar-refractivity contribution in [2.45, 2.75) is 12.8 Å². The first-order valence-electron chi connectivity index (χ1n) is 8.36. The van der Waals surface area contributed by atoms with Crippen LogP contribution in [0.25, 0.3) is 0 Å². The Morgan fingerprint density at radius 1 is 0.920 bits per heavy atom. The second kappa shape index (κ2) is 10.3. The van der Waals surface area contributed by atoms with E-state index in [0.29, 0.717) is 18.7 Å². The number of methoxy groups -OCH3 is 1. The Balaban J connectivity index is 1.90. The number of carbonyl (C=O) groups is 2. The van der Waals surface area contributed by atoms with E-state index in [1.165, 1.54) is 5.56 Å². The maximum absolute atomic E-state index is 12.4. The van der Waals surface area contributed by atoms with Crippen LogP contribution >= 0.6 is 0 Å². The van der Waals surface area contributed by atoms with Gasteiger partial charge in [-0.05, 0) is 30.0 Å². The molecule has 0 spiro atoms. The van der Waals surface area contributed by atoms with Crippen molar-refractivity contribution in [3.63, 3.8) is 0 Å². The van der Waals surface area contributed by atoms with Crippen molar-refractivity contribution in [2.24, 2.45) is 0 Å². The Hall–Kier alpha value is -2.66. The molecule has 5 heteroatoms. The molecule has 0 saturated heterocycles. The van der Waals surface area contributed by atoms with Crippen LogP contribution in [0.3, 0.4) is 0 Å². The topological polar surface area (TPSA) is 67.4 Å². The van der Waals surface area contributed by atoms with Gasteiger partial charge >= 0.3 is 0 Å². The molecular formula is C20H24N2O3. The molecule has 0 atom stereocenters. The number of nitrogens with one attached hydrogen (secondary N) is 2. The summed E-state index contributed by atoms with van der Waals surface area (Å²) in [5, 5.41) is 5.35. The molecule has 2 aromatic carbocycles. The molecule has 25 heavy (non-hydrogen) atoms. The third-order valence-electron chi connectivity index (χ3n) is 3.83. The van der Waals surface area contributed by atoms with E-state index in [0.717, 1.165) is 18.4 Å². The molecule has 0 bridgehead atoms. The fraction of sp³-hybridized carbons (Fsp3) is 0.300. The minimum Gasteiger partial charge on any atom is -0.383 e. The second-order valence-electron chi connectivity index (χ2n) is 5.67. The van der Waals surface area contributed by atoms with Crippen LogP contribution in [0, 0.1) is 0 Å². The molecule has 132 valence electrons. The average molecular weight is 340 g/mol. The summed E-state index contributed by atoms with van der Waals surface area (Å²) < 4.78 is 4.86. The molecule has 2 rings (SSSR count). The summed E-state index contributed by atoms with van der Waals surface area (Å²) in [6.07, 6.45) is 1.64. The lowest BCUT2D eigenvalue weighted by molar-refractivity contribution is -0.120. The number of hydrogen-bond donors (Lipinski definition) is 2. The molecule has 0 aliphatic carbocycles. The van der Waals surface area contributed by atoms with E-state index in [1.807, 2.05) is 36.4 Å². The summed E-state index contributed by atoms with van der Waals surface area (Å²) in [5.74, 6) is -0.460. The molecule has 2 amide bonds. The maximum Gasteiger partial charge on any atom is 0.251 e. The minimum atomic E-state index is -0.231. The lowest BCUT2D eigenvalue weighted by Crippen LogP contribution is -2.38. The van der Waals surface area contributed by atoms with Gasteiger partial charge in [0.25, 0.3) is 5.91 Å². The zero-order chi connectivity index (χ0) is 17.9. The number of carbonyl (C=O) groups excluding carboxylic acids is 2. The summed E-state index contributed by atoms with van der Waals surface area (Å²) in [4.78, 5) is 24.1. The van der Waals surface area contributed by atoms with Crippen LogP contribution in [0.15, 0.2) is 54.6 Å². The van der Waals surface area contributed by atoms with Gasteiger partial charge in [-0.25, -0.2) is 0 Å². The van der Waals surface area contributed by atoms with Gasteiger partial charge in [-0.2, -0.15) is 0 Å². The first kappa shape index (κ1) is 18.7. The predicted octanol–water partition coefficient (Wildman–Crippen LogP) is 1.96. The van der Waals surface area contributed by atoms with Crippen molar-refractivity contribution < 1.29 is 14.3 Å². The lowest BCUT2D eigenvalue weighted by atomic mass is 9.99. The zero-order valence-electron chi connectivity index (χ0n) is 14.5.